The highest BCUT2D eigenvalue weighted by Crippen LogP contribution is 2.21. The Morgan fingerprint density at radius 2 is 2.50 bits per heavy atom. The van der Waals surface area contributed by atoms with Gasteiger partial charge in [-0.05, 0) is 28.6 Å². The predicted molar refractivity (Wildman–Crippen MR) is 69.1 cm³/mol. The van der Waals surface area contributed by atoms with Gasteiger partial charge in [0.1, 0.15) is 0 Å². The summed E-state index contributed by atoms with van der Waals surface area (Å²) < 4.78 is 8.75. The number of allylic oxidation sites excluding steroid dienone is 2. The van der Waals surface area contributed by atoms with Crippen LogP contribution in [-0.4, -0.2) is 17.1 Å². The topological polar surface area (TPSA) is 9.23 Å². The van der Waals surface area contributed by atoms with Gasteiger partial charge in [0.15, 0.2) is 0 Å². The summed E-state index contributed by atoms with van der Waals surface area (Å²) in [6.07, 6.45) is 3.81. The molecule has 68 valence electrons. The molecule has 0 aromatic heterocycles. The van der Waals surface area contributed by atoms with Gasteiger partial charge >= 0.3 is 0 Å². The molecule has 1 aliphatic rings. The minimum atomic E-state index is 0.457. The van der Waals surface area contributed by atoms with E-state index in [-0.39, 0.29) is 0 Å². The van der Waals surface area contributed by atoms with E-state index in [4.69, 9.17) is 4.74 Å². The average molecular weight is 390 g/mol. The normalized spacial score (nSPS) is 28.4. The maximum Gasteiger partial charge on any atom is 0.0706 e. The van der Waals surface area contributed by atoms with Crippen molar-refractivity contribution in [3.8, 4) is 0 Å². The monoisotopic (exact) mass is 390 g/mol. The van der Waals surface area contributed by atoms with Gasteiger partial charge in [-0.2, -0.15) is 0 Å². The number of hydrogen-bond donors (Lipinski definition) is 0. The predicted octanol–water partition coefficient (Wildman–Crippen LogP) is 3.48. The third-order valence-electron chi connectivity index (χ3n) is 1.77. The van der Waals surface area contributed by atoms with Crippen LogP contribution in [-0.2, 0) is 4.74 Å². The highest BCUT2D eigenvalue weighted by atomic mass is 127. The van der Waals surface area contributed by atoms with E-state index >= 15 is 0 Å². The van der Waals surface area contributed by atoms with Crippen LogP contribution in [0.5, 0.6) is 0 Å². The van der Waals surface area contributed by atoms with E-state index < -0.39 is 0 Å². The fourth-order valence-corrected chi connectivity index (χ4v) is 1.93. The summed E-state index contributed by atoms with van der Waals surface area (Å²) in [6.45, 7) is 2.95. The van der Waals surface area contributed by atoms with Crippen molar-refractivity contribution >= 4 is 45.2 Å². The third kappa shape index (κ3) is 3.33. The molecule has 0 saturated carbocycles. The van der Waals surface area contributed by atoms with E-state index in [2.05, 4.69) is 62.3 Å². The summed E-state index contributed by atoms with van der Waals surface area (Å²) in [5.41, 5.74) is 2.75. The van der Waals surface area contributed by atoms with Gasteiger partial charge in [0.2, 0.25) is 0 Å². The van der Waals surface area contributed by atoms with Crippen LogP contribution in [0.25, 0.3) is 0 Å². The quantitative estimate of drug-likeness (QED) is 0.519. The second-order valence-electron chi connectivity index (χ2n) is 2.95. The molecule has 0 radical (unpaired) electrons. The molecule has 0 spiro atoms. The Hall–Kier alpha value is 0.900. The molecular formula is C9H12I2O. The molecule has 1 aliphatic heterocycles. The van der Waals surface area contributed by atoms with Crippen molar-refractivity contribution in [3.05, 3.63) is 21.3 Å². The van der Waals surface area contributed by atoms with Gasteiger partial charge < -0.3 is 4.74 Å². The van der Waals surface area contributed by atoms with Crippen LogP contribution in [0.15, 0.2) is 21.3 Å². The largest absolute Gasteiger partial charge is 0.373 e. The van der Waals surface area contributed by atoms with E-state index in [9.17, 15) is 0 Å². The molecule has 1 atom stereocenters. The zero-order chi connectivity index (χ0) is 8.97. The lowest BCUT2D eigenvalue weighted by Gasteiger charge is -2.00. The van der Waals surface area contributed by atoms with Crippen LogP contribution >= 0.6 is 45.2 Å². The summed E-state index contributed by atoms with van der Waals surface area (Å²) in [4.78, 5) is 0. The van der Waals surface area contributed by atoms with Crippen molar-refractivity contribution in [3.63, 3.8) is 0 Å². The van der Waals surface area contributed by atoms with Crippen LogP contribution in [0.4, 0.5) is 0 Å². The fourth-order valence-electron chi connectivity index (χ4n) is 1.19. The number of halogens is 2. The zero-order valence-corrected chi connectivity index (χ0v) is 11.3. The van der Waals surface area contributed by atoms with Crippen LogP contribution in [0.3, 0.4) is 0 Å². The molecule has 1 heterocycles. The van der Waals surface area contributed by atoms with Gasteiger partial charge in [-0.15, -0.1) is 0 Å². The van der Waals surface area contributed by atoms with Crippen LogP contribution < -0.4 is 0 Å². The Balaban J connectivity index is 2.51. The highest BCUT2D eigenvalue weighted by molar-refractivity contribution is 14.1. The summed E-state index contributed by atoms with van der Waals surface area (Å²) >= 11 is 4.64. The standard InChI is InChI=1S/C9H12I2O/c1-7(4-10)2-8-3-9(5-11)12-6-8/h2,4,9H,3,5-6H2,1H3/b7-4+,8-2-/t9-/m1/s1. The van der Waals surface area contributed by atoms with E-state index in [1.165, 1.54) is 11.1 Å². The Labute approximate surface area is 101 Å². The van der Waals surface area contributed by atoms with Crippen molar-refractivity contribution in [1.29, 1.82) is 0 Å². The first-order valence-electron chi connectivity index (χ1n) is 3.90. The Kier molecular flexibility index (Phi) is 5.12. The second kappa shape index (κ2) is 5.59. The molecule has 1 rings (SSSR count). The van der Waals surface area contributed by atoms with Crippen molar-refractivity contribution in [2.24, 2.45) is 0 Å². The lowest BCUT2D eigenvalue weighted by Crippen LogP contribution is -2.04. The fraction of sp³-hybridized carbons (Fsp3) is 0.556. The van der Waals surface area contributed by atoms with Gasteiger partial charge in [-0.1, -0.05) is 51.3 Å². The third-order valence-corrected chi connectivity index (χ3v) is 3.74. The average Bonchev–Trinajstić information content (AvgIpc) is 2.52. The van der Waals surface area contributed by atoms with Gasteiger partial charge in [-0.25, -0.2) is 0 Å². The zero-order valence-electron chi connectivity index (χ0n) is 7.02. The van der Waals surface area contributed by atoms with E-state index in [1.54, 1.807) is 0 Å². The maximum absolute atomic E-state index is 5.55. The smallest absolute Gasteiger partial charge is 0.0706 e. The van der Waals surface area contributed by atoms with E-state index in [0.717, 1.165) is 17.5 Å². The maximum atomic E-state index is 5.55. The first kappa shape index (κ1) is 11.0. The number of rotatable bonds is 2. The molecule has 0 amide bonds. The number of alkyl halides is 1. The molecule has 0 aliphatic carbocycles. The molecule has 0 N–H and O–H groups in total. The highest BCUT2D eigenvalue weighted by Gasteiger charge is 2.17. The molecule has 1 saturated heterocycles. The van der Waals surface area contributed by atoms with Crippen molar-refractivity contribution in [2.45, 2.75) is 19.4 Å². The van der Waals surface area contributed by atoms with Gasteiger partial charge in [0, 0.05) is 4.43 Å². The van der Waals surface area contributed by atoms with E-state index in [0.29, 0.717) is 6.10 Å². The summed E-state index contributed by atoms with van der Waals surface area (Å²) in [7, 11) is 0. The number of hydrogen-bond acceptors (Lipinski definition) is 1. The molecule has 0 unspecified atom stereocenters. The first-order valence-corrected chi connectivity index (χ1v) is 6.67. The molecule has 0 bridgehead atoms. The van der Waals surface area contributed by atoms with Crippen LogP contribution in [0, 0.1) is 0 Å². The molecule has 3 heteroatoms. The molecule has 1 nitrogen and oxygen atoms in total. The van der Waals surface area contributed by atoms with E-state index in [1.807, 2.05) is 0 Å². The minimum absolute atomic E-state index is 0.457. The summed E-state index contributed by atoms with van der Waals surface area (Å²) in [5.74, 6) is 0. The molecule has 1 fully saturated rings. The van der Waals surface area contributed by atoms with Crippen molar-refractivity contribution in [1.82, 2.24) is 0 Å². The Bertz CT molecular complexity index is 209. The SMILES string of the molecule is CC(/C=C1\CO[C@@H](CI)C1)=C\I. The molecule has 0 aromatic rings. The summed E-state index contributed by atoms with van der Waals surface area (Å²) in [5, 5.41) is 0. The van der Waals surface area contributed by atoms with Gasteiger partial charge in [0.25, 0.3) is 0 Å². The molecular weight excluding hydrogens is 378 g/mol. The minimum Gasteiger partial charge on any atom is -0.373 e. The Morgan fingerprint density at radius 1 is 1.75 bits per heavy atom. The lowest BCUT2D eigenvalue weighted by molar-refractivity contribution is 0.134. The number of ether oxygens (including phenoxy) is 1. The lowest BCUT2D eigenvalue weighted by atomic mass is 10.1. The first-order chi connectivity index (χ1) is 5.76. The van der Waals surface area contributed by atoms with Crippen molar-refractivity contribution in [2.75, 3.05) is 11.0 Å². The van der Waals surface area contributed by atoms with Crippen LogP contribution in [0.1, 0.15) is 13.3 Å². The molecule has 12 heavy (non-hydrogen) atoms. The van der Waals surface area contributed by atoms with Crippen LogP contribution in [0.2, 0.25) is 0 Å². The molecule has 0 aromatic carbocycles. The second-order valence-corrected chi connectivity index (χ2v) is 4.45. The summed E-state index contributed by atoms with van der Waals surface area (Å²) in [6, 6.07) is 0. The van der Waals surface area contributed by atoms with Gasteiger partial charge in [-0.3, -0.25) is 0 Å². The Morgan fingerprint density at radius 3 is 3.00 bits per heavy atom. The van der Waals surface area contributed by atoms with Gasteiger partial charge in [0.05, 0.1) is 12.7 Å². The van der Waals surface area contributed by atoms with Crippen molar-refractivity contribution < 1.29 is 4.74 Å².